The molecule has 0 radical (unpaired) electrons. The average Bonchev–Trinajstić information content (AvgIpc) is 2.86. The van der Waals surface area contributed by atoms with Crippen LogP contribution in [-0.2, 0) is 19.6 Å². The Morgan fingerprint density at radius 3 is 2.53 bits per heavy atom. The molecule has 0 bridgehead atoms. The minimum atomic E-state index is 0.904. The molecule has 1 N–H and O–H groups in total. The Balaban J connectivity index is 1.74. The van der Waals surface area contributed by atoms with Crippen LogP contribution < -0.4 is 0 Å². The topological polar surface area (TPSA) is 31.9 Å². The minimum Gasteiger partial charge on any atom is -0.348 e. The molecule has 0 fully saturated rings. The van der Waals surface area contributed by atoms with Crippen LogP contribution in [-0.4, -0.2) is 14.9 Å². The lowest BCUT2D eigenvalue weighted by Gasteiger charge is -2.12. The first-order valence-electron chi connectivity index (χ1n) is 5.19. The van der Waals surface area contributed by atoms with Crippen molar-refractivity contribution in [2.75, 3.05) is 0 Å². The van der Waals surface area contributed by atoms with Crippen LogP contribution in [0.25, 0.3) is 0 Å². The first-order chi connectivity index (χ1) is 7.42. The van der Waals surface area contributed by atoms with Gasteiger partial charge in [0.25, 0.3) is 0 Å². The highest BCUT2D eigenvalue weighted by molar-refractivity contribution is 5.30. The molecule has 3 nitrogen and oxygen atoms in total. The van der Waals surface area contributed by atoms with Gasteiger partial charge in [-0.2, -0.15) is 0 Å². The molecule has 1 aliphatic heterocycles. The van der Waals surface area contributed by atoms with E-state index in [0.717, 1.165) is 25.5 Å². The molecule has 3 rings (SSSR count). The molecule has 1 aromatic heterocycles. The van der Waals surface area contributed by atoms with Gasteiger partial charge in [-0.25, -0.2) is 4.98 Å². The highest BCUT2D eigenvalue weighted by Gasteiger charge is 2.18. The largest absolute Gasteiger partial charge is 0.348 e. The molecule has 0 spiro atoms. The number of hydrogen-bond donors (Lipinski definition) is 1. The summed E-state index contributed by atoms with van der Waals surface area (Å²) >= 11 is 0. The van der Waals surface area contributed by atoms with Crippen LogP contribution in [0.5, 0.6) is 0 Å². The maximum Gasteiger partial charge on any atom is 0.120 e. The van der Waals surface area contributed by atoms with Crippen LogP contribution in [0.1, 0.15) is 17.0 Å². The number of fused-ring (bicyclic) bond motifs is 1. The zero-order valence-corrected chi connectivity index (χ0v) is 8.48. The first kappa shape index (κ1) is 8.68. The van der Waals surface area contributed by atoms with E-state index in [2.05, 4.69) is 39.1 Å². The van der Waals surface area contributed by atoms with Gasteiger partial charge < -0.3 is 4.98 Å². The number of rotatable bonds is 2. The standard InChI is InChI=1S/C12H13N3/c1-2-4-11-8-15(7-10(11)3-1)9-12-13-5-6-14-12/h1-6H,7-9H2,(H,13,14). The van der Waals surface area contributed by atoms with Gasteiger partial charge >= 0.3 is 0 Å². The van der Waals surface area contributed by atoms with Crippen LogP contribution in [0.3, 0.4) is 0 Å². The summed E-state index contributed by atoms with van der Waals surface area (Å²) in [7, 11) is 0. The summed E-state index contributed by atoms with van der Waals surface area (Å²) in [6.07, 6.45) is 3.68. The number of hydrogen-bond acceptors (Lipinski definition) is 2. The van der Waals surface area contributed by atoms with Gasteiger partial charge in [0.15, 0.2) is 0 Å². The van der Waals surface area contributed by atoms with E-state index < -0.39 is 0 Å². The quantitative estimate of drug-likeness (QED) is 0.801. The van der Waals surface area contributed by atoms with Crippen molar-refractivity contribution in [3.8, 4) is 0 Å². The number of imidazole rings is 1. The fraction of sp³-hybridized carbons (Fsp3) is 0.250. The van der Waals surface area contributed by atoms with Crippen LogP contribution in [0.2, 0.25) is 0 Å². The molecule has 1 aliphatic rings. The van der Waals surface area contributed by atoms with Crippen molar-refractivity contribution < 1.29 is 0 Å². The second-order valence-electron chi connectivity index (χ2n) is 3.95. The summed E-state index contributed by atoms with van der Waals surface area (Å²) in [5, 5.41) is 0. The second-order valence-corrected chi connectivity index (χ2v) is 3.95. The van der Waals surface area contributed by atoms with Crippen LogP contribution in [0.15, 0.2) is 36.7 Å². The smallest absolute Gasteiger partial charge is 0.120 e. The maximum absolute atomic E-state index is 4.25. The lowest BCUT2D eigenvalue weighted by atomic mass is 10.1. The molecule has 1 aromatic carbocycles. The molecule has 76 valence electrons. The molecule has 0 atom stereocenters. The second kappa shape index (κ2) is 3.51. The zero-order chi connectivity index (χ0) is 10.1. The van der Waals surface area contributed by atoms with E-state index >= 15 is 0 Å². The summed E-state index contributed by atoms with van der Waals surface area (Å²) in [6.45, 7) is 2.98. The van der Waals surface area contributed by atoms with Crippen molar-refractivity contribution in [1.82, 2.24) is 14.9 Å². The van der Waals surface area contributed by atoms with Crippen molar-refractivity contribution in [1.29, 1.82) is 0 Å². The average molecular weight is 199 g/mol. The number of aromatic amines is 1. The molecule has 0 aliphatic carbocycles. The van der Waals surface area contributed by atoms with Gasteiger partial charge in [0.2, 0.25) is 0 Å². The summed E-state index contributed by atoms with van der Waals surface area (Å²) in [5.74, 6) is 1.04. The van der Waals surface area contributed by atoms with Gasteiger partial charge in [-0.1, -0.05) is 24.3 Å². The van der Waals surface area contributed by atoms with Gasteiger partial charge in [0.05, 0.1) is 6.54 Å². The van der Waals surface area contributed by atoms with Crippen molar-refractivity contribution in [3.05, 3.63) is 53.6 Å². The van der Waals surface area contributed by atoms with Crippen molar-refractivity contribution in [2.24, 2.45) is 0 Å². The highest BCUT2D eigenvalue weighted by Crippen LogP contribution is 2.22. The van der Waals surface area contributed by atoms with Crippen molar-refractivity contribution >= 4 is 0 Å². The zero-order valence-electron chi connectivity index (χ0n) is 8.48. The van der Waals surface area contributed by atoms with E-state index in [-0.39, 0.29) is 0 Å². The number of nitrogens with zero attached hydrogens (tertiary/aromatic N) is 2. The Kier molecular flexibility index (Phi) is 2.03. The molecule has 0 saturated heterocycles. The molecular weight excluding hydrogens is 186 g/mol. The Morgan fingerprint density at radius 1 is 1.20 bits per heavy atom. The van der Waals surface area contributed by atoms with E-state index in [1.54, 1.807) is 6.20 Å². The first-order valence-corrected chi connectivity index (χ1v) is 5.19. The van der Waals surface area contributed by atoms with Crippen LogP contribution in [0.4, 0.5) is 0 Å². The predicted octanol–water partition coefficient (Wildman–Crippen LogP) is 1.93. The van der Waals surface area contributed by atoms with E-state index in [0.29, 0.717) is 0 Å². The maximum atomic E-state index is 4.25. The summed E-state index contributed by atoms with van der Waals surface area (Å²) < 4.78 is 0. The third kappa shape index (κ3) is 1.66. The predicted molar refractivity (Wildman–Crippen MR) is 58.0 cm³/mol. The van der Waals surface area contributed by atoms with E-state index in [9.17, 15) is 0 Å². The van der Waals surface area contributed by atoms with E-state index in [1.165, 1.54) is 11.1 Å². The molecule has 0 unspecified atom stereocenters. The monoisotopic (exact) mass is 199 g/mol. The van der Waals surface area contributed by atoms with Gasteiger partial charge in [-0.15, -0.1) is 0 Å². The lowest BCUT2D eigenvalue weighted by Crippen LogP contribution is -2.16. The SMILES string of the molecule is c1ccc2c(c1)CN(Cc1ncc[nH]1)C2. The number of benzene rings is 1. The highest BCUT2D eigenvalue weighted by atomic mass is 15.2. The van der Waals surface area contributed by atoms with Gasteiger partial charge in [0, 0.05) is 25.5 Å². The molecule has 3 heteroatoms. The Labute approximate surface area is 88.8 Å². The summed E-state index contributed by atoms with van der Waals surface area (Å²) in [5.41, 5.74) is 2.90. The van der Waals surface area contributed by atoms with Crippen molar-refractivity contribution in [3.63, 3.8) is 0 Å². The normalized spacial score (nSPS) is 15.5. The van der Waals surface area contributed by atoms with Crippen molar-refractivity contribution in [2.45, 2.75) is 19.6 Å². The van der Waals surface area contributed by atoms with Crippen LogP contribution in [0, 0.1) is 0 Å². The Morgan fingerprint density at radius 2 is 1.93 bits per heavy atom. The van der Waals surface area contributed by atoms with Gasteiger partial charge in [-0.3, -0.25) is 4.90 Å². The minimum absolute atomic E-state index is 0.904. The third-order valence-electron chi connectivity index (χ3n) is 2.83. The molecule has 0 amide bonds. The number of nitrogens with one attached hydrogen (secondary N) is 1. The third-order valence-corrected chi connectivity index (χ3v) is 2.83. The molecule has 0 saturated carbocycles. The van der Waals surface area contributed by atoms with Crippen LogP contribution >= 0.6 is 0 Å². The molecule has 2 heterocycles. The lowest BCUT2D eigenvalue weighted by molar-refractivity contribution is 0.269. The van der Waals surface area contributed by atoms with Gasteiger partial charge in [-0.05, 0) is 11.1 Å². The summed E-state index contributed by atoms with van der Waals surface area (Å²) in [4.78, 5) is 9.78. The van der Waals surface area contributed by atoms with E-state index in [4.69, 9.17) is 0 Å². The fourth-order valence-corrected chi connectivity index (χ4v) is 2.11. The molecular formula is C12H13N3. The Hall–Kier alpha value is -1.61. The fourth-order valence-electron chi connectivity index (χ4n) is 2.11. The number of H-pyrrole nitrogens is 1. The molecule has 2 aromatic rings. The Bertz CT molecular complexity index is 420. The summed E-state index contributed by atoms with van der Waals surface area (Å²) in [6, 6.07) is 8.62. The molecule has 15 heavy (non-hydrogen) atoms. The van der Waals surface area contributed by atoms with Gasteiger partial charge in [0.1, 0.15) is 5.82 Å². The van der Waals surface area contributed by atoms with E-state index in [1.807, 2.05) is 6.20 Å². The number of aromatic nitrogens is 2.